The molecule has 4 nitrogen and oxygen atoms in total. The summed E-state index contributed by atoms with van der Waals surface area (Å²) < 4.78 is 1.69. The minimum atomic E-state index is -0.118. The average Bonchev–Trinajstić information content (AvgIpc) is 2.59. The van der Waals surface area contributed by atoms with Gasteiger partial charge >= 0.3 is 5.69 Å². The van der Waals surface area contributed by atoms with Crippen molar-refractivity contribution in [2.45, 2.75) is 38.9 Å². The first-order chi connectivity index (χ1) is 7.50. The fourth-order valence-electron chi connectivity index (χ4n) is 1.14. The Hall–Kier alpha value is -0.360. The van der Waals surface area contributed by atoms with Crippen LogP contribution in [0.4, 0.5) is 0 Å². The van der Waals surface area contributed by atoms with Gasteiger partial charge in [0.05, 0.1) is 0 Å². The number of aromatic amines is 1. The lowest BCUT2D eigenvalue weighted by molar-refractivity contribution is 0.492. The van der Waals surface area contributed by atoms with Crippen molar-refractivity contribution in [2.75, 3.05) is 11.5 Å². The Morgan fingerprint density at radius 1 is 1.56 bits per heavy atom. The molecule has 0 unspecified atom stereocenters. The van der Waals surface area contributed by atoms with E-state index in [1.54, 1.807) is 16.3 Å². The molecule has 0 radical (unpaired) electrons. The Bertz CT molecular complexity index is 384. The SMILES string of the molecule is CCCn1c(SCC(C)(C)CS)n[nH]c1=O. The molecule has 1 rings (SSSR count). The van der Waals surface area contributed by atoms with Gasteiger partial charge in [-0.25, -0.2) is 9.89 Å². The van der Waals surface area contributed by atoms with E-state index in [1.165, 1.54) is 0 Å². The second-order valence-electron chi connectivity index (χ2n) is 4.57. The number of nitrogens with one attached hydrogen (secondary N) is 1. The maximum absolute atomic E-state index is 11.4. The maximum atomic E-state index is 11.4. The predicted octanol–water partition coefficient (Wildman–Crippen LogP) is 2.03. The zero-order chi connectivity index (χ0) is 12.2. The minimum absolute atomic E-state index is 0.118. The number of thioether (sulfide) groups is 1. The maximum Gasteiger partial charge on any atom is 0.343 e. The van der Waals surface area contributed by atoms with Crippen LogP contribution >= 0.6 is 24.4 Å². The standard InChI is InChI=1S/C10H19N3OS2/c1-4-5-13-8(14)11-12-9(13)16-7-10(2,3)6-15/h15H,4-7H2,1-3H3,(H,11,14). The molecule has 0 aromatic carbocycles. The van der Waals surface area contributed by atoms with Crippen molar-refractivity contribution in [2.24, 2.45) is 5.41 Å². The van der Waals surface area contributed by atoms with Crippen LogP contribution in [0.5, 0.6) is 0 Å². The second-order valence-corrected chi connectivity index (χ2v) is 5.83. The molecule has 1 aromatic rings. The van der Waals surface area contributed by atoms with Gasteiger partial charge in [-0.1, -0.05) is 32.5 Å². The van der Waals surface area contributed by atoms with Gasteiger partial charge in [-0.3, -0.25) is 4.57 Å². The number of aromatic nitrogens is 3. The Balaban J connectivity index is 2.70. The molecule has 0 aliphatic heterocycles. The molecule has 92 valence electrons. The number of rotatable bonds is 6. The monoisotopic (exact) mass is 261 g/mol. The van der Waals surface area contributed by atoms with E-state index in [2.05, 4.69) is 36.7 Å². The summed E-state index contributed by atoms with van der Waals surface area (Å²) in [5.74, 6) is 1.73. The fraction of sp³-hybridized carbons (Fsp3) is 0.800. The van der Waals surface area contributed by atoms with Gasteiger partial charge in [-0.05, 0) is 17.6 Å². The molecular weight excluding hydrogens is 242 g/mol. The third-order valence-corrected chi connectivity index (χ3v) is 4.54. The molecule has 0 atom stereocenters. The summed E-state index contributed by atoms with van der Waals surface area (Å²) in [6.07, 6.45) is 0.933. The average molecular weight is 261 g/mol. The first kappa shape index (κ1) is 13.7. The summed E-state index contributed by atoms with van der Waals surface area (Å²) in [4.78, 5) is 11.4. The van der Waals surface area contributed by atoms with Crippen LogP contribution < -0.4 is 5.69 Å². The lowest BCUT2D eigenvalue weighted by Gasteiger charge is -2.20. The third-order valence-electron chi connectivity index (χ3n) is 2.19. The van der Waals surface area contributed by atoms with Crippen molar-refractivity contribution < 1.29 is 0 Å². The van der Waals surface area contributed by atoms with Crippen LogP contribution in [0.25, 0.3) is 0 Å². The Labute approximate surface area is 106 Å². The molecule has 0 aliphatic rings. The van der Waals surface area contributed by atoms with Crippen molar-refractivity contribution in [1.82, 2.24) is 14.8 Å². The summed E-state index contributed by atoms with van der Waals surface area (Å²) >= 11 is 5.92. The van der Waals surface area contributed by atoms with E-state index in [0.717, 1.165) is 29.6 Å². The van der Waals surface area contributed by atoms with Crippen LogP contribution in [0.15, 0.2) is 9.95 Å². The van der Waals surface area contributed by atoms with E-state index in [9.17, 15) is 4.79 Å². The van der Waals surface area contributed by atoms with E-state index in [1.807, 2.05) is 6.92 Å². The van der Waals surface area contributed by atoms with Crippen LogP contribution in [0.2, 0.25) is 0 Å². The second kappa shape index (κ2) is 5.82. The smallest absolute Gasteiger partial charge is 0.270 e. The van der Waals surface area contributed by atoms with Crippen molar-refractivity contribution in [1.29, 1.82) is 0 Å². The van der Waals surface area contributed by atoms with Crippen molar-refractivity contribution >= 4 is 24.4 Å². The Morgan fingerprint density at radius 2 is 2.25 bits per heavy atom. The van der Waals surface area contributed by atoms with E-state index in [4.69, 9.17) is 0 Å². The number of hydrogen-bond donors (Lipinski definition) is 2. The van der Waals surface area contributed by atoms with Crippen LogP contribution in [0.1, 0.15) is 27.2 Å². The predicted molar refractivity (Wildman–Crippen MR) is 71.5 cm³/mol. The number of H-pyrrole nitrogens is 1. The molecular formula is C10H19N3OS2. The van der Waals surface area contributed by atoms with Gasteiger partial charge in [0.15, 0.2) is 5.16 Å². The largest absolute Gasteiger partial charge is 0.343 e. The summed E-state index contributed by atoms with van der Waals surface area (Å²) in [6, 6.07) is 0. The van der Waals surface area contributed by atoms with E-state index in [0.29, 0.717) is 0 Å². The van der Waals surface area contributed by atoms with Crippen LogP contribution in [0, 0.1) is 5.41 Å². The van der Waals surface area contributed by atoms with E-state index >= 15 is 0 Å². The molecule has 0 fully saturated rings. The fourth-order valence-corrected chi connectivity index (χ4v) is 2.46. The summed E-state index contributed by atoms with van der Waals surface area (Å²) in [7, 11) is 0. The summed E-state index contributed by atoms with van der Waals surface area (Å²) in [6.45, 7) is 7.08. The molecule has 0 aliphatic carbocycles. The first-order valence-electron chi connectivity index (χ1n) is 5.39. The van der Waals surface area contributed by atoms with Crippen LogP contribution in [0.3, 0.4) is 0 Å². The van der Waals surface area contributed by atoms with Gasteiger partial charge < -0.3 is 0 Å². The quantitative estimate of drug-likeness (QED) is 0.608. The Kier molecular flexibility index (Phi) is 4.98. The molecule has 0 amide bonds. The molecule has 1 heterocycles. The van der Waals surface area contributed by atoms with Crippen molar-refractivity contribution in [3.63, 3.8) is 0 Å². The normalized spacial score (nSPS) is 12.0. The third kappa shape index (κ3) is 3.59. The molecule has 16 heavy (non-hydrogen) atoms. The first-order valence-corrected chi connectivity index (χ1v) is 7.01. The van der Waals surface area contributed by atoms with Gasteiger partial charge in [0, 0.05) is 12.3 Å². The molecule has 1 aromatic heterocycles. The molecule has 1 N–H and O–H groups in total. The summed E-state index contributed by atoms with van der Waals surface area (Å²) in [5.41, 5.74) is 0.0350. The van der Waals surface area contributed by atoms with Gasteiger partial charge in [0.2, 0.25) is 0 Å². The van der Waals surface area contributed by atoms with Crippen LogP contribution in [-0.2, 0) is 6.54 Å². The summed E-state index contributed by atoms with van der Waals surface area (Å²) in [5, 5.41) is 7.31. The molecule has 0 saturated heterocycles. The highest BCUT2D eigenvalue weighted by molar-refractivity contribution is 7.99. The lowest BCUT2D eigenvalue weighted by atomic mass is 10.0. The topological polar surface area (TPSA) is 50.7 Å². The van der Waals surface area contributed by atoms with Crippen LogP contribution in [-0.4, -0.2) is 26.3 Å². The highest BCUT2D eigenvalue weighted by atomic mass is 32.2. The Morgan fingerprint density at radius 3 is 2.81 bits per heavy atom. The van der Waals surface area contributed by atoms with E-state index < -0.39 is 0 Å². The number of nitrogens with zero attached hydrogens (tertiary/aromatic N) is 2. The van der Waals surface area contributed by atoms with Gasteiger partial charge in [-0.2, -0.15) is 12.6 Å². The van der Waals surface area contributed by atoms with Crippen molar-refractivity contribution in [3.05, 3.63) is 10.5 Å². The molecule has 0 spiro atoms. The van der Waals surface area contributed by atoms with E-state index in [-0.39, 0.29) is 11.1 Å². The van der Waals surface area contributed by atoms with Gasteiger partial charge in [0.1, 0.15) is 0 Å². The highest BCUT2D eigenvalue weighted by Gasteiger charge is 2.18. The number of hydrogen-bond acceptors (Lipinski definition) is 4. The minimum Gasteiger partial charge on any atom is -0.270 e. The lowest BCUT2D eigenvalue weighted by Crippen LogP contribution is -2.19. The van der Waals surface area contributed by atoms with Gasteiger partial charge in [0.25, 0.3) is 0 Å². The van der Waals surface area contributed by atoms with Crippen molar-refractivity contribution in [3.8, 4) is 0 Å². The zero-order valence-electron chi connectivity index (χ0n) is 9.99. The molecule has 0 bridgehead atoms. The number of thiol groups is 1. The molecule has 0 saturated carbocycles. The van der Waals surface area contributed by atoms with Gasteiger partial charge in [-0.15, -0.1) is 5.10 Å². The molecule has 6 heteroatoms. The zero-order valence-corrected chi connectivity index (χ0v) is 11.7. The highest BCUT2D eigenvalue weighted by Crippen LogP contribution is 2.26.